The van der Waals surface area contributed by atoms with Crippen molar-refractivity contribution >= 4 is 23.2 Å². The fraction of sp³-hybridized carbons (Fsp3) is 0. The second kappa shape index (κ2) is 7.10. The maximum absolute atomic E-state index is 12.1. The van der Waals surface area contributed by atoms with Gasteiger partial charge in [0.05, 0.1) is 11.8 Å². The third kappa shape index (κ3) is 3.77. The first-order valence-corrected chi connectivity index (χ1v) is 7.11. The zero-order valence-electron chi connectivity index (χ0n) is 12.5. The van der Waals surface area contributed by atoms with Crippen LogP contribution in [0.5, 0.6) is 0 Å². The SMILES string of the molecule is O=C(Nc1cccc(NC(=O)c2cnccn2)c1)c1cccnc1. The molecule has 0 saturated carbocycles. The zero-order valence-corrected chi connectivity index (χ0v) is 12.5. The number of anilines is 2. The number of pyridine rings is 1. The summed E-state index contributed by atoms with van der Waals surface area (Å²) in [7, 11) is 0. The van der Waals surface area contributed by atoms with Crippen LogP contribution in [0.4, 0.5) is 11.4 Å². The molecule has 0 saturated heterocycles. The van der Waals surface area contributed by atoms with E-state index in [0.29, 0.717) is 16.9 Å². The number of amides is 2. The van der Waals surface area contributed by atoms with Gasteiger partial charge in [0.2, 0.25) is 0 Å². The Hall–Kier alpha value is -3.61. The molecule has 3 aromatic rings. The van der Waals surface area contributed by atoms with Gasteiger partial charge in [-0.3, -0.25) is 19.6 Å². The second-order valence-electron chi connectivity index (χ2n) is 4.82. The molecule has 2 amide bonds. The van der Waals surface area contributed by atoms with Gasteiger partial charge in [-0.1, -0.05) is 6.07 Å². The van der Waals surface area contributed by atoms with E-state index in [0.717, 1.165) is 0 Å². The molecule has 0 atom stereocenters. The minimum atomic E-state index is -0.376. The van der Waals surface area contributed by atoms with Crippen LogP contribution in [0, 0.1) is 0 Å². The average Bonchev–Trinajstić information content (AvgIpc) is 2.63. The van der Waals surface area contributed by atoms with Crippen molar-refractivity contribution in [3.05, 3.63) is 78.6 Å². The highest BCUT2D eigenvalue weighted by Gasteiger charge is 2.09. The molecule has 118 valence electrons. The molecule has 24 heavy (non-hydrogen) atoms. The van der Waals surface area contributed by atoms with Crippen LogP contribution in [-0.4, -0.2) is 26.8 Å². The second-order valence-corrected chi connectivity index (χ2v) is 4.82. The lowest BCUT2D eigenvalue weighted by Gasteiger charge is -2.08. The highest BCUT2D eigenvalue weighted by atomic mass is 16.2. The molecule has 0 spiro atoms. The molecule has 3 rings (SSSR count). The van der Waals surface area contributed by atoms with Crippen molar-refractivity contribution in [1.29, 1.82) is 0 Å². The van der Waals surface area contributed by atoms with Gasteiger partial charge in [-0.15, -0.1) is 0 Å². The maximum atomic E-state index is 12.1. The van der Waals surface area contributed by atoms with Crippen molar-refractivity contribution in [3.63, 3.8) is 0 Å². The Balaban J connectivity index is 1.70. The van der Waals surface area contributed by atoms with Crippen LogP contribution < -0.4 is 10.6 Å². The average molecular weight is 319 g/mol. The molecule has 1 aromatic carbocycles. The molecule has 0 bridgehead atoms. The minimum absolute atomic E-state index is 0.210. The van der Waals surface area contributed by atoms with Gasteiger partial charge in [-0.25, -0.2) is 4.98 Å². The van der Waals surface area contributed by atoms with Crippen LogP contribution in [0.3, 0.4) is 0 Å². The van der Waals surface area contributed by atoms with Gasteiger partial charge in [0, 0.05) is 36.2 Å². The first-order valence-electron chi connectivity index (χ1n) is 7.11. The van der Waals surface area contributed by atoms with Crippen LogP contribution >= 0.6 is 0 Å². The van der Waals surface area contributed by atoms with Gasteiger partial charge < -0.3 is 10.6 Å². The third-order valence-corrected chi connectivity index (χ3v) is 3.10. The molecule has 7 heteroatoms. The maximum Gasteiger partial charge on any atom is 0.275 e. The van der Waals surface area contributed by atoms with Gasteiger partial charge in [-0.2, -0.15) is 0 Å². The van der Waals surface area contributed by atoms with Crippen LogP contribution in [0.25, 0.3) is 0 Å². The van der Waals surface area contributed by atoms with Crippen LogP contribution in [-0.2, 0) is 0 Å². The Kier molecular flexibility index (Phi) is 4.52. The monoisotopic (exact) mass is 319 g/mol. The number of rotatable bonds is 4. The Morgan fingerprint density at radius 1 is 0.792 bits per heavy atom. The van der Waals surface area contributed by atoms with Crippen LogP contribution in [0.2, 0.25) is 0 Å². The quantitative estimate of drug-likeness (QED) is 0.769. The summed E-state index contributed by atoms with van der Waals surface area (Å²) in [4.78, 5) is 35.9. The third-order valence-electron chi connectivity index (χ3n) is 3.10. The number of benzene rings is 1. The number of carbonyl (C=O) groups excluding carboxylic acids is 2. The summed E-state index contributed by atoms with van der Waals surface area (Å²) >= 11 is 0. The molecule has 0 unspecified atom stereocenters. The Morgan fingerprint density at radius 2 is 1.54 bits per heavy atom. The lowest BCUT2D eigenvalue weighted by molar-refractivity contribution is 0.101. The Bertz CT molecular complexity index is 784. The molecule has 2 heterocycles. The van der Waals surface area contributed by atoms with Gasteiger partial charge >= 0.3 is 0 Å². The fourth-order valence-corrected chi connectivity index (χ4v) is 1.99. The molecule has 0 radical (unpaired) electrons. The fourth-order valence-electron chi connectivity index (χ4n) is 1.99. The number of carbonyl (C=O) groups is 2. The molecule has 2 N–H and O–H groups in total. The molecule has 0 aliphatic heterocycles. The summed E-state index contributed by atoms with van der Waals surface area (Å²) in [6.45, 7) is 0. The van der Waals surface area contributed by atoms with E-state index in [4.69, 9.17) is 0 Å². The molecule has 0 aliphatic rings. The van der Waals surface area contributed by atoms with E-state index in [1.54, 1.807) is 42.6 Å². The van der Waals surface area contributed by atoms with E-state index in [9.17, 15) is 9.59 Å². The van der Waals surface area contributed by atoms with Crippen molar-refractivity contribution in [1.82, 2.24) is 15.0 Å². The number of hydrogen-bond donors (Lipinski definition) is 2. The van der Waals surface area contributed by atoms with E-state index in [-0.39, 0.29) is 17.5 Å². The molecule has 0 fully saturated rings. The van der Waals surface area contributed by atoms with Gasteiger partial charge in [-0.05, 0) is 30.3 Å². The topological polar surface area (TPSA) is 96.9 Å². The highest BCUT2D eigenvalue weighted by Crippen LogP contribution is 2.16. The van der Waals surface area contributed by atoms with Gasteiger partial charge in [0.1, 0.15) is 5.69 Å². The van der Waals surface area contributed by atoms with Crippen LogP contribution in [0.15, 0.2) is 67.4 Å². The summed E-state index contributed by atoms with van der Waals surface area (Å²) in [5.41, 5.74) is 1.75. The summed E-state index contributed by atoms with van der Waals surface area (Å²) in [6.07, 6.45) is 7.39. The largest absolute Gasteiger partial charge is 0.322 e. The Labute approximate surface area is 137 Å². The molecular formula is C17H13N5O2. The number of nitrogens with zero attached hydrogens (tertiary/aromatic N) is 3. The number of aromatic nitrogens is 3. The van der Waals surface area contributed by atoms with Crippen molar-refractivity contribution in [2.24, 2.45) is 0 Å². The summed E-state index contributed by atoms with van der Waals surface area (Å²) in [6, 6.07) is 10.2. The summed E-state index contributed by atoms with van der Waals surface area (Å²) < 4.78 is 0. The zero-order chi connectivity index (χ0) is 16.8. The molecule has 7 nitrogen and oxygen atoms in total. The summed E-state index contributed by atoms with van der Waals surface area (Å²) in [5.74, 6) is -0.653. The van der Waals surface area contributed by atoms with Crippen molar-refractivity contribution in [2.75, 3.05) is 10.6 Å². The first kappa shape index (κ1) is 15.3. The molecular weight excluding hydrogens is 306 g/mol. The normalized spacial score (nSPS) is 10.0. The predicted molar refractivity (Wildman–Crippen MR) is 88.6 cm³/mol. The van der Waals surface area contributed by atoms with Crippen molar-refractivity contribution in [2.45, 2.75) is 0 Å². The van der Waals surface area contributed by atoms with Gasteiger partial charge in [0.25, 0.3) is 11.8 Å². The summed E-state index contributed by atoms with van der Waals surface area (Å²) in [5, 5.41) is 5.46. The first-order chi connectivity index (χ1) is 11.7. The molecule has 0 aliphatic carbocycles. The lowest BCUT2D eigenvalue weighted by atomic mass is 10.2. The van der Waals surface area contributed by atoms with E-state index in [2.05, 4.69) is 25.6 Å². The van der Waals surface area contributed by atoms with Gasteiger partial charge in [0.15, 0.2) is 0 Å². The number of hydrogen-bond acceptors (Lipinski definition) is 5. The molecule has 2 aromatic heterocycles. The van der Waals surface area contributed by atoms with Crippen molar-refractivity contribution in [3.8, 4) is 0 Å². The minimum Gasteiger partial charge on any atom is -0.322 e. The van der Waals surface area contributed by atoms with E-state index in [1.165, 1.54) is 24.8 Å². The van der Waals surface area contributed by atoms with E-state index >= 15 is 0 Å². The number of nitrogens with one attached hydrogen (secondary N) is 2. The lowest BCUT2D eigenvalue weighted by Crippen LogP contribution is -2.15. The standard InChI is InChI=1S/C17H13N5O2/c23-16(12-3-2-6-18-10-12)21-13-4-1-5-14(9-13)22-17(24)15-11-19-7-8-20-15/h1-11H,(H,21,23)(H,22,24). The van der Waals surface area contributed by atoms with E-state index < -0.39 is 0 Å². The Morgan fingerprint density at radius 3 is 2.21 bits per heavy atom. The van der Waals surface area contributed by atoms with E-state index in [1.807, 2.05) is 0 Å². The smallest absolute Gasteiger partial charge is 0.275 e. The predicted octanol–water partition coefficient (Wildman–Crippen LogP) is 2.38. The van der Waals surface area contributed by atoms with Crippen LogP contribution in [0.1, 0.15) is 20.8 Å². The van der Waals surface area contributed by atoms with Crippen molar-refractivity contribution < 1.29 is 9.59 Å². The highest BCUT2D eigenvalue weighted by molar-refractivity contribution is 6.05.